The zero-order valence-corrected chi connectivity index (χ0v) is 9.61. The van der Waals surface area contributed by atoms with Crippen LogP contribution in [0.3, 0.4) is 0 Å². The van der Waals surface area contributed by atoms with E-state index in [0.29, 0.717) is 6.42 Å². The first-order chi connectivity index (χ1) is 6.91. The van der Waals surface area contributed by atoms with Gasteiger partial charge in [-0.3, -0.25) is 4.55 Å². The molecule has 90 valence electrons. The van der Waals surface area contributed by atoms with E-state index < -0.39 is 21.8 Å². The molecule has 0 fully saturated rings. The molecule has 0 aromatic heterocycles. The highest BCUT2D eigenvalue weighted by Gasteiger charge is 2.25. The summed E-state index contributed by atoms with van der Waals surface area (Å²) in [6.45, 7) is 5.21. The number of hydrogen-bond donors (Lipinski definition) is 2. The molecule has 15 heavy (non-hydrogen) atoms. The van der Waals surface area contributed by atoms with E-state index in [-0.39, 0.29) is 6.42 Å². The maximum absolute atomic E-state index is 10.9. The van der Waals surface area contributed by atoms with E-state index in [4.69, 9.17) is 14.4 Å². The van der Waals surface area contributed by atoms with Crippen LogP contribution in [0.15, 0.2) is 12.7 Å². The molecule has 0 aliphatic carbocycles. The quantitative estimate of drug-likeness (QED) is 0.288. The van der Waals surface area contributed by atoms with Gasteiger partial charge in [0.15, 0.2) is 11.7 Å². The van der Waals surface area contributed by atoms with Gasteiger partial charge in [-0.25, -0.2) is 0 Å². The van der Waals surface area contributed by atoms with E-state index in [9.17, 15) is 8.42 Å². The summed E-state index contributed by atoms with van der Waals surface area (Å²) in [5, 5.41) is 9.03. The monoisotopic (exact) mass is 238 g/mol. The number of ether oxygens (including phenoxy) is 1. The summed E-state index contributed by atoms with van der Waals surface area (Å²) in [7, 11) is -4.28. The molecule has 0 radical (unpaired) electrons. The van der Waals surface area contributed by atoms with Gasteiger partial charge < -0.3 is 9.84 Å². The van der Waals surface area contributed by atoms with Crippen molar-refractivity contribution in [2.45, 2.75) is 44.3 Å². The summed E-state index contributed by atoms with van der Waals surface area (Å²) in [6.07, 6.45) is 2.24. The third-order valence-electron chi connectivity index (χ3n) is 1.87. The molecule has 0 amide bonds. The Morgan fingerprint density at radius 2 is 2.07 bits per heavy atom. The van der Waals surface area contributed by atoms with E-state index in [1.165, 1.54) is 0 Å². The largest absolute Gasteiger partial charge is 0.365 e. The van der Waals surface area contributed by atoms with Gasteiger partial charge in [0, 0.05) is 0 Å². The van der Waals surface area contributed by atoms with Crippen LogP contribution in [0.4, 0.5) is 0 Å². The van der Waals surface area contributed by atoms with E-state index in [1.54, 1.807) is 0 Å². The molecule has 0 aliphatic heterocycles. The molecule has 0 aromatic carbocycles. The van der Waals surface area contributed by atoms with Crippen LogP contribution in [0.2, 0.25) is 0 Å². The first-order valence-corrected chi connectivity index (χ1v) is 6.34. The van der Waals surface area contributed by atoms with Gasteiger partial charge in [0.2, 0.25) is 0 Å². The van der Waals surface area contributed by atoms with Crippen molar-refractivity contribution in [2.75, 3.05) is 0 Å². The van der Waals surface area contributed by atoms with Gasteiger partial charge in [0.25, 0.3) is 10.1 Å². The molecule has 2 N–H and O–H groups in total. The van der Waals surface area contributed by atoms with Gasteiger partial charge in [0.05, 0.1) is 0 Å². The van der Waals surface area contributed by atoms with Crippen molar-refractivity contribution in [1.29, 1.82) is 0 Å². The van der Waals surface area contributed by atoms with Gasteiger partial charge >= 0.3 is 0 Å². The van der Waals surface area contributed by atoms with Crippen LogP contribution in [0, 0.1) is 0 Å². The molecular formula is C9H18O5S. The second-order valence-electron chi connectivity index (χ2n) is 3.20. The summed E-state index contributed by atoms with van der Waals surface area (Å²) in [5.41, 5.74) is -1.38. The summed E-state index contributed by atoms with van der Waals surface area (Å²) in [6, 6.07) is 0. The number of hydrogen-bond acceptors (Lipinski definition) is 4. The van der Waals surface area contributed by atoms with Crippen molar-refractivity contribution in [2.24, 2.45) is 0 Å². The molecule has 0 bridgehead atoms. The molecule has 0 heterocycles. The number of aliphatic hydroxyl groups excluding tert-OH is 1. The van der Waals surface area contributed by atoms with Gasteiger partial charge in [-0.05, 0) is 18.9 Å². The summed E-state index contributed by atoms with van der Waals surface area (Å²) < 4.78 is 35.3. The summed E-state index contributed by atoms with van der Waals surface area (Å²) in [4.78, 5) is 0. The van der Waals surface area contributed by atoms with E-state index >= 15 is 0 Å². The summed E-state index contributed by atoms with van der Waals surface area (Å²) >= 11 is 0. The maximum atomic E-state index is 10.9. The minimum Gasteiger partial charge on any atom is -0.365 e. The third-order valence-corrected chi connectivity index (χ3v) is 2.88. The lowest BCUT2D eigenvalue weighted by atomic mass is 10.2. The lowest BCUT2D eigenvalue weighted by Crippen LogP contribution is -2.28. The second-order valence-corrected chi connectivity index (χ2v) is 4.76. The highest BCUT2D eigenvalue weighted by molar-refractivity contribution is 7.86. The Balaban J connectivity index is 4.26. The average Bonchev–Trinajstić information content (AvgIpc) is 2.14. The molecule has 5 nitrogen and oxygen atoms in total. The Hall–Kier alpha value is -0.430. The molecule has 2 atom stereocenters. The molecule has 0 saturated carbocycles. The maximum Gasteiger partial charge on any atom is 0.292 e. The fourth-order valence-corrected chi connectivity index (χ4v) is 1.78. The van der Waals surface area contributed by atoms with Crippen LogP contribution >= 0.6 is 0 Å². The molecule has 0 rings (SSSR count). The van der Waals surface area contributed by atoms with Crippen LogP contribution in [0.25, 0.3) is 0 Å². The predicted molar refractivity (Wildman–Crippen MR) is 56.8 cm³/mol. The lowest BCUT2D eigenvalue weighted by molar-refractivity contribution is -0.0824. The molecule has 2 unspecified atom stereocenters. The average molecular weight is 238 g/mol. The Morgan fingerprint density at radius 1 is 1.47 bits per heavy atom. The van der Waals surface area contributed by atoms with Crippen molar-refractivity contribution in [3.8, 4) is 0 Å². The predicted octanol–water partition coefficient (Wildman–Crippen LogP) is 1.30. The van der Waals surface area contributed by atoms with Crippen molar-refractivity contribution in [3.05, 3.63) is 12.7 Å². The van der Waals surface area contributed by atoms with E-state index in [1.807, 2.05) is 6.92 Å². The highest BCUT2D eigenvalue weighted by atomic mass is 32.2. The van der Waals surface area contributed by atoms with Crippen molar-refractivity contribution in [1.82, 2.24) is 0 Å². The van der Waals surface area contributed by atoms with E-state index in [2.05, 4.69) is 6.58 Å². The fourth-order valence-electron chi connectivity index (χ4n) is 1.06. The normalized spacial score (nSPS) is 15.9. The fraction of sp³-hybridized carbons (Fsp3) is 0.778. The number of rotatable bonds is 8. The van der Waals surface area contributed by atoms with Crippen molar-refractivity contribution in [3.63, 3.8) is 0 Å². The molecular weight excluding hydrogens is 220 g/mol. The standard InChI is InChI=1S/C9H18O5S/c1-3-5-6-7-9(15(11,12)13)14-8(10)4-2/h4,8-10H,2-3,5-7H2,1H3,(H,11,12,13). The molecule has 0 aliphatic rings. The minimum atomic E-state index is -4.28. The van der Waals surface area contributed by atoms with Crippen LogP contribution in [0.1, 0.15) is 32.6 Å². The van der Waals surface area contributed by atoms with Crippen LogP contribution in [-0.4, -0.2) is 29.8 Å². The SMILES string of the molecule is C=CC(O)OC(CCCCC)S(=O)(=O)O. The first kappa shape index (κ1) is 14.6. The highest BCUT2D eigenvalue weighted by Crippen LogP contribution is 2.13. The smallest absolute Gasteiger partial charge is 0.292 e. The van der Waals surface area contributed by atoms with Gasteiger partial charge in [-0.1, -0.05) is 26.3 Å². The minimum absolute atomic E-state index is 0.164. The molecule has 0 saturated heterocycles. The van der Waals surface area contributed by atoms with Gasteiger partial charge in [-0.2, -0.15) is 8.42 Å². The number of unbranched alkanes of at least 4 members (excludes halogenated alkanes) is 2. The molecule has 0 spiro atoms. The Labute approximate surface area is 90.5 Å². The van der Waals surface area contributed by atoms with Crippen LogP contribution in [-0.2, 0) is 14.9 Å². The van der Waals surface area contributed by atoms with Gasteiger partial charge in [0.1, 0.15) is 0 Å². The van der Waals surface area contributed by atoms with E-state index in [0.717, 1.165) is 18.9 Å². The Kier molecular flexibility index (Phi) is 6.75. The van der Waals surface area contributed by atoms with Crippen molar-refractivity contribution >= 4 is 10.1 Å². The van der Waals surface area contributed by atoms with Crippen LogP contribution in [0.5, 0.6) is 0 Å². The van der Waals surface area contributed by atoms with Crippen molar-refractivity contribution < 1.29 is 22.8 Å². The Bertz CT molecular complexity index is 272. The zero-order chi connectivity index (χ0) is 11.9. The molecule has 0 aromatic rings. The van der Waals surface area contributed by atoms with Gasteiger partial charge in [-0.15, -0.1) is 0 Å². The topological polar surface area (TPSA) is 83.8 Å². The third kappa shape index (κ3) is 6.62. The lowest BCUT2D eigenvalue weighted by Gasteiger charge is -2.16. The second kappa shape index (κ2) is 6.95. The zero-order valence-electron chi connectivity index (χ0n) is 8.80. The van der Waals surface area contributed by atoms with Crippen LogP contribution < -0.4 is 0 Å². The molecule has 6 heteroatoms. The Morgan fingerprint density at radius 3 is 2.47 bits per heavy atom. The first-order valence-electron chi connectivity index (χ1n) is 4.84. The summed E-state index contributed by atoms with van der Waals surface area (Å²) in [5.74, 6) is 0. The number of aliphatic hydroxyl groups is 1.